The Kier molecular flexibility index (Phi) is 2.41. The smallest absolute Gasteiger partial charge is 0.0850 e. The lowest BCUT2D eigenvalue weighted by molar-refractivity contribution is -0.107. The maximum Gasteiger partial charge on any atom is 0.0850 e. The Bertz CT molecular complexity index is 117. The molecule has 0 aliphatic carbocycles. The van der Waals surface area contributed by atoms with Crippen molar-refractivity contribution >= 4 is 0 Å². The predicted octanol–water partition coefficient (Wildman–Crippen LogP) is 0.0113. The molecule has 0 aromatic rings. The number of rotatable bonds is 1. The number of nitrogens with one attached hydrogen (secondary N) is 1. The minimum atomic E-state index is 0.360. The van der Waals surface area contributed by atoms with Gasteiger partial charge in [-0.15, -0.1) is 0 Å². The molecular formula is C8H15NO2. The van der Waals surface area contributed by atoms with E-state index in [1.54, 1.807) is 0 Å². The third-order valence-electron chi connectivity index (χ3n) is 2.47. The molecule has 2 atom stereocenters. The summed E-state index contributed by atoms with van der Waals surface area (Å²) < 4.78 is 10.9. The third-order valence-corrected chi connectivity index (χ3v) is 2.47. The molecule has 0 bridgehead atoms. The minimum absolute atomic E-state index is 0.360. The molecule has 3 heteroatoms. The lowest BCUT2D eigenvalue weighted by Gasteiger charge is -2.27. The van der Waals surface area contributed by atoms with Crippen LogP contribution in [-0.2, 0) is 9.47 Å². The van der Waals surface area contributed by atoms with Crippen LogP contribution in [0.15, 0.2) is 0 Å². The molecule has 2 saturated heterocycles. The number of hydrogen-bond acceptors (Lipinski definition) is 3. The van der Waals surface area contributed by atoms with Crippen molar-refractivity contribution in [3.63, 3.8) is 0 Å². The molecular weight excluding hydrogens is 142 g/mol. The summed E-state index contributed by atoms with van der Waals surface area (Å²) in [6.07, 6.45) is 1.60. The molecule has 0 spiro atoms. The Labute approximate surface area is 67.1 Å². The molecule has 2 aliphatic rings. The van der Waals surface area contributed by atoms with Gasteiger partial charge in [0.05, 0.1) is 25.9 Å². The lowest BCUT2D eigenvalue weighted by Crippen LogP contribution is -2.35. The van der Waals surface area contributed by atoms with E-state index in [4.69, 9.17) is 9.47 Å². The van der Waals surface area contributed by atoms with Crippen molar-refractivity contribution in [1.82, 2.24) is 5.32 Å². The van der Waals surface area contributed by atoms with Crippen molar-refractivity contribution < 1.29 is 9.47 Å². The fourth-order valence-electron chi connectivity index (χ4n) is 1.77. The summed E-state index contributed by atoms with van der Waals surface area (Å²) in [7, 11) is 0. The van der Waals surface area contributed by atoms with Crippen LogP contribution < -0.4 is 5.32 Å². The summed E-state index contributed by atoms with van der Waals surface area (Å²) in [5.74, 6) is 0.690. The summed E-state index contributed by atoms with van der Waals surface area (Å²) in [5.41, 5.74) is 0. The van der Waals surface area contributed by atoms with Crippen LogP contribution >= 0.6 is 0 Å². The number of ether oxygens (including phenoxy) is 2. The van der Waals surface area contributed by atoms with Gasteiger partial charge in [0, 0.05) is 12.5 Å². The van der Waals surface area contributed by atoms with Crippen LogP contribution in [0.3, 0.4) is 0 Å². The summed E-state index contributed by atoms with van der Waals surface area (Å²) in [5, 5.41) is 3.33. The zero-order valence-electron chi connectivity index (χ0n) is 6.71. The second kappa shape index (κ2) is 3.52. The van der Waals surface area contributed by atoms with Gasteiger partial charge in [-0.25, -0.2) is 0 Å². The first kappa shape index (κ1) is 7.53. The maximum absolute atomic E-state index is 5.60. The minimum Gasteiger partial charge on any atom is -0.376 e. The van der Waals surface area contributed by atoms with Gasteiger partial charge in [-0.1, -0.05) is 0 Å². The second-order valence-corrected chi connectivity index (χ2v) is 3.24. The average molecular weight is 157 g/mol. The van der Waals surface area contributed by atoms with Gasteiger partial charge in [0.25, 0.3) is 0 Å². The van der Waals surface area contributed by atoms with Crippen molar-refractivity contribution in [2.45, 2.75) is 12.5 Å². The van der Waals surface area contributed by atoms with E-state index in [-0.39, 0.29) is 0 Å². The van der Waals surface area contributed by atoms with Gasteiger partial charge >= 0.3 is 0 Å². The van der Waals surface area contributed by atoms with Crippen LogP contribution in [0.5, 0.6) is 0 Å². The van der Waals surface area contributed by atoms with E-state index < -0.39 is 0 Å². The van der Waals surface area contributed by atoms with Gasteiger partial charge in [0.2, 0.25) is 0 Å². The molecule has 2 rings (SSSR count). The molecule has 0 aromatic heterocycles. The van der Waals surface area contributed by atoms with E-state index in [2.05, 4.69) is 5.32 Å². The highest BCUT2D eigenvalue weighted by molar-refractivity contribution is 4.79. The average Bonchev–Trinajstić information content (AvgIpc) is 2.58. The first-order chi connectivity index (χ1) is 5.47. The van der Waals surface area contributed by atoms with Gasteiger partial charge in [-0.2, -0.15) is 0 Å². The van der Waals surface area contributed by atoms with Crippen LogP contribution in [0, 0.1) is 5.92 Å². The molecule has 2 heterocycles. The third kappa shape index (κ3) is 1.72. The van der Waals surface area contributed by atoms with Crippen molar-refractivity contribution in [3.05, 3.63) is 0 Å². The highest BCUT2D eigenvalue weighted by Gasteiger charge is 2.27. The lowest BCUT2D eigenvalue weighted by atomic mass is 10.0. The molecule has 3 nitrogen and oxygen atoms in total. The summed E-state index contributed by atoms with van der Waals surface area (Å²) >= 11 is 0. The fourth-order valence-corrected chi connectivity index (χ4v) is 1.77. The highest BCUT2D eigenvalue weighted by atomic mass is 16.6. The van der Waals surface area contributed by atoms with E-state index in [0.717, 1.165) is 32.9 Å². The molecule has 0 amide bonds. The molecule has 1 N–H and O–H groups in total. The van der Waals surface area contributed by atoms with Crippen LogP contribution in [-0.4, -0.2) is 39.0 Å². The van der Waals surface area contributed by atoms with Crippen LogP contribution in [0.1, 0.15) is 6.42 Å². The Morgan fingerprint density at radius 2 is 2.27 bits per heavy atom. The molecule has 11 heavy (non-hydrogen) atoms. The summed E-state index contributed by atoms with van der Waals surface area (Å²) in [6.45, 7) is 4.60. The Morgan fingerprint density at radius 3 is 2.91 bits per heavy atom. The van der Waals surface area contributed by atoms with Gasteiger partial charge in [-0.3, -0.25) is 0 Å². The van der Waals surface area contributed by atoms with Crippen molar-refractivity contribution in [3.8, 4) is 0 Å². The molecule has 2 unspecified atom stereocenters. The van der Waals surface area contributed by atoms with Crippen molar-refractivity contribution in [2.24, 2.45) is 5.92 Å². The van der Waals surface area contributed by atoms with Crippen LogP contribution in [0.25, 0.3) is 0 Å². The monoisotopic (exact) mass is 157 g/mol. The van der Waals surface area contributed by atoms with Gasteiger partial charge in [0.15, 0.2) is 0 Å². The fraction of sp³-hybridized carbons (Fsp3) is 1.00. The van der Waals surface area contributed by atoms with Gasteiger partial charge in [-0.05, 0) is 13.0 Å². The highest BCUT2D eigenvalue weighted by Crippen LogP contribution is 2.17. The van der Waals surface area contributed by atoms with Crippen LogP contribution in [0.2, 0.25) is 0 Å². The zero-order valence-corrected chi connectivity index (χ0v) is 6.71. The summed E-state index contributed by atoms with van der Waals surface area (Å²) in [4.78, 5) is 0. The molecule has 0 saturated carbocycles. The topological polar surface area (TPSA) is 30.5 Å². The number of hydrogen-bond donors (Lipinski definition) is 1. The SMILES string of the molecule is C1CC(C2COCCO2)CN1. The first-order valence-electron chi connectivity index (χ1n) is 4.37. The van der Waals surface area contributed by atoms with E-state index in [1.165, 1.54) is 6.42 Å². The molecule has 2 fully saturated rings. The molecule has 2 aliphatic heterocycles. The standard InChI is InChI=1S/C8H15NO2/c1-2-9-5-7(1)8-6-10-3-4-11-8/h7-9H,1-6H2. The largest absolute Gasteiger partial charge is 0.376 e. The maximum atomic E-state index is 5.60. The van der Waals surface area contributed by atoms with Gasteiger partial charge in [0.1, 0.15) is 0 Å². The second-order valence-electron chi connectivity index (χ2n) is 3.24. The molecule has 64 valence electrons. The van der Waals surface area contributed by atoms with E-state index in [1.807, 2.05) is 0 Å². The van der Waals surface area contributed by atoms with E-state index >= 15 is 0 Å². The van der Waals surface area contributed by atoms with E-state index in [0.29, 0.717) is 12.0 Å². The van der Waals surface area contributed by atoms with Crippen molar-refractivity contribution in [1.29, 1.82) is 0 Å². The van der Waals surface area contributed by atoms with E-state index in [9.17, 15) is 0 Å². The first-order valence-corrected chi connectivity index (χ1v) is 4.37. The Morgan fingerprint density at radius 1 is 1.27 bits per heavy atom. The zero-order chi connectivity index (χ0) is 7.52. The molecule has 0 aromatic carbocycles. The van der Waals surface area contributed by atoms with Crippen LogP contribution in [0.4, 0.5) is 0 Å². The Balaban J connectivity index is 1.82. The van der Waals surface area contributed by atoms with Gasteiger partial charge < -0.3 is 14.8 Å². The van der Waals surface area contributed by atoms with Crippen molar-refractivity contribution in [2.75, 3.05) is 32.9 Å². The quantitative estimate of drug-likeness (QED) is 0.581. The predicted molar refractivity (Wildman–Crippen MR) is 41.5 cm³/mol. The summed E-state index contributed by atoms with van der Waals surface area (Å²) in [6, 6.07) is 0. The normalized spacial score (nSPS) is 39.3. The Hall–Kier alpha value is -0.120. The molecule has 0 radical (unpaired) electrons.